The van der Waals surface area contributed by atoms with Gasteiger partial charge in [0.05, 0.1) is 22.3 Å². The number of carboxylic acid groups (broad SMARTS) is 1. The Bertz CT molecular complexity index is 846. The van der Waals surface area contributed by atoms with Crippen LogP contribution in [0, 0.1) is 12.7 Å². The van der Waals surface area contributed by atoms with Crippen LogP contribution in [-0.4, -0.2) is 25.4 Å². The van der Waals surface area contributed by atoms with Crippen LogP contribution in [0.25, 0.3) is 16.6 Å². The normalized spacial score (nSPS) is 10.7. The van der Waals surface area contributed by atoms with Crippen molar-refractivity contribution in [1.82, 2.24) is 14.4 Å². The first-order chi connectivity index (χ1) is 8.99. The van der Waals surface area contributed by atoms with E-state index in [2.05, 4.69) is 9.97 Å². The third-order valence-corrected chi connectivity index (χ3v) is 2.99. The number of nitrogens with zero attached hydrogens (tertiary/aromatic N) is 3. The highest BCUT2D eigenvalue weighted by molar-refractivity contribution is 5.94. The van der Waals surface area contributed by atoms with Gasteiger partial charge in [-0.05, 0) is 13.0 Å². The van der Waals surface area contributed by atoms with E-state index in [1.807, 2.05) is 0 Å². The lowest BCUT2D eigenvalue weighted by atomic mass is 10.1. The van der Waals surface area contributed by atoms with Crippen LogP contribution in [0.2, 0.25) is 0 Å². The number of fused-ring (bicyclic) bond motifs is 3. The van der Waals surface area contributed by atoms with Gasteiger partial charge in [-0.3, -0.25) is 4.40 Å². The van der Waals surface area contributed by atoms with Gasteiger partial charge in [-0.25, -0.2) is 19.2 Å². The first kappa shape index (κ1) is 14.0. The van der Waals surface area contributed by atoms with Gasteiger partial charge in [0.2, 0.25) is 0 Å². The van der Waals surface area contributed by atoms with E-state index in [0.29, 0.717) is 16.7 Å². The van der Waals surface area contributed by atoms with Gasteiger partial charge in [0.15, 0.2) is 0 Å². The number of aromatic nitrogens is 3. The summed E-state index contributed by atoms with van der Waals surface area (Å²) in [6, 6.07) is 2.29. The fourth-order valence-electron chi connectivity index (χ4n) is 2.11. The van der Waals surface area contributed by atoms with Gasteiger partial charge in [0.1, 0.15) is 23.5 Å². The van der Waals surface area contributed by atoms with E-state index >= 15 is 0 Å². The monoisotopic (exact) mass is 296 g/mol. The number of imidazole rings is 1. The summed E-state index contributed by atoms with van der Waals surface area (Å²) in [5.41, 5.74) is 7.39. The smallest absolute Gasteiger partial charge is 0.338 e. The fraction of sp³-hybridized carbons (Fsp3) is 0.0833. The second-order valence-corrected chi connectivity index (χ2v) is 4.17. The largest absolute Gasteiger partial charge is 0.478 e. The maximum Gasteiger partial charge on any atom is 0.338 e. The van der Waals surface area contributed by atoms with Crippen molar-refractivity contribution in [1.29, 1.82) is 0 Å². The van der Waals surface area contributed by atoms with Gasteiger partial charge in [0, 0.05) is 6.07 Å². The van der Waals surface area contributed by atoms with Crippen LogP contribution in [0.15, 0.2) is 18.5 Å². The van der Waals surface area contributed by atoms with E-state index < -0.39 is 17.3 Å². The summed E-state index contributed by atoms with van der Waals surface area (Å²) in [7, 11) is 0. The Kier molecular flexibility index (Phi) is 3.23. The van der Waals surface area contributed by atoms with Crippen LogP contribution in [0.4, 0.5) is 10.2 Å². The van der Waals surface area contributed by atoms with Gasteiger partial charge in [-0.15, -0.1) is 12.4 Å². The van der Waals surface area contributed by atoms with Crippen molar-refractivity contribution in [3.05, 3.63) is 35.5 Å². The van der Waals surface area contributed by atoms with Crippen LogP contribution in [-0.2, 0) is 0 Å². The molecular weight excluding hydrogens is 287 g/mol. The lowest BCUT2D eigenvalue weighted by Gasteiger charge is -2.06. The second kappa shape index (κ2) is 4.61. The molecule has 0 aliphatic rings. The van der Waals surface area contributed by atoms with Crippen LogP contribution < -0.4 is 5.73 Å². The molecule has 0 fully saturated rings. The molecule has 2 aromatic heterocycles. The number of rotatable bonds is 1. The second-order valence-electron chi connectivity index (χ2n) is 4.17. The highest BCUT2D eigenvalue weighted by Gasteiger charge is 2.16. The first-order valence-corrected chi connectivity index (χ1v) is 5.44. The van der Waals surface area contributed by atoms with Crippen LogP contribution in [0.3, 0.4) is 0 Å². The molecule has 0 aliphatic carbocycles. The van der Waals surface area contributed by atoms with Crippen molar-refractivity contribution in [3.8, 4) is 0 Å². The molecule has 3 rings (SSSR count). The van der Waals surface area contributed by atoms with Gasteiger partial charge in [-0.1, -0.05) is 0 Å². The highest BCUT2D eigenvalue weighted by atomic mass is 35.5. The molecule has 2 heterocycles. The summed E-state index contributed by atoms with van der Waals surface area (Å²) in [5.74, 6) is -1.95. The third-order valence-electron chi connectivity index (χ3n) is 2.99. The molecule has 20 heavy (non-hydrogen) atoms. The summed E-state index contributed by atoms with van der Waals surface area (Å²) in [6.45, 7) is 1.76. The number of nitrogens with two attached hydrogens (primary N) is 1. The maximum absolute atomic E-state index is 13.6. The molecule has 0 amide bonds. The van der Waals surface area contributed by atoms with Gasteiger partial charge < -0.3 is 10.8 Å². The minimum atomic E-state index is -1.33. The van der Waals surface area contributed by atoms with E-state index in [4.69, 9.17) is 10.8 Å². The summed E-state index contributed by atoms with van der Waals surface area (Å²) in [6.07, 6.45) is 1.51. The first-order valence-electron chi connectivity index (χ1n) is 5.44. The quantitative estimate of drug-likeness (QED) is 0.716. The van der Waals surface area contributed by atoms with Crippen molar-refractivity contribution >= 4 is 40.7 Å². The molecule has 6 nitrogen and oxygen atoms in total. The zero-order chi connectivity index (χ0) is 13.7. The van der Waals surface area contributed by atoms with Crippen molar-refractivity contribution < 1.29 is 14.3 Å². The Morgan fingerprint density at radius 1 is 1.45 bits per heavy atom. The molecule has 3 N–H and O–H groups in total. The van der Waals surface area contributed by atoms with E-state index in [1.54, 1.807) is 11.3 Å². The molecule has 1 aromatic carbocycles. The number of hydrogen-bond acceptors (Lipinski definition) is 4. The Morgan fingerprint density at radius 3 is 2.80 bits per heavy atom. The van der Waals surface area contributed by atoms with Crippen molar-refractivity contribution in [3.63, 3.8) is 0 Å². The maximum atomic E-state index is 13.6. The number of aryl methyl sites for hydroxylation is 1. The summed E-state index contributed by atoms with van der Waals surface area (Å²) < 4.78 is 15.2. The van der Waals surface area contributed by atoms with Gasteiger partial charge in [0.25, 0.3) is 0 Å². The van der Waals surface area contributed by atoms with Crippen LogP contribution in [0.1, 0.15) is 16.1 Å². The fourth-order valence-corrected chi connectivity index (χ4v) is 2.11. The van der Waals surface area contributed by atoms with Crippen molar-refractivity contribution in [2.24, 2.45) is 0 Å². The lowest BCUT2D eigenvalue weighted by molar-refractivity contribution is 0.0692. The minimum absolute atomic E-state index is 0. The Labute approximate surface area is 118 Å². The molecule has 0 radical (unpaired) electrons. The number of carbonyl (C=O) groups is 1. The molecule has 0 saturated carbocycles. The van der Waals surface area contributed by atoms with Crippen LogP contribution >= 0.6 is 12.4 Å². The molecule has 0 spiro atoms. The molecule has 8 heteroatoms. The molecule has 0 aliphatic heterocycles. The third kappa shape index (κ3) is 1.83. The van der Waals surface area contributed by atoms with Gasteiger partial charge >= 0.3 is 5.97 Å². The Morgan fingerprint density at radius 2 is 2.15 bits per heavy atom. The number of hydrogen-bond donors (Lipinski definition) is 2. The Balaban J connectivity index is 0.00000147. The minimum Gasteiger partial charge on any atom is -0.478 e. The zero-order valence-corrected chi connectivity index (χ0v) is 11.1. The summed E-state index contributed by atoms with van der Waals surface area (Å²) in [4.78, 5) is 19.2. The van der Waals surface area contributed by atoms with Crippen LogP contribution in [0.5, 0.6) is 0 Å². The number of carboxylic acids is 1. The molecule has 0 saturated heterocycles. The van der Waals surface area contributed by atoms with E-state index in [-0.39, 0.29) is 23.7 Å². The van der Waals surface area contributed by atoms with E-state index in [1.165, 1.54) is 12.4 Å². The highest BCUT2D eigenvalue weighted by Crippen LogP contribution is 2.24. The average Bonchev–Trinajstić information content (AvgIpc) is 2.71. The number of halogens is 2. The van der Waals surface area contributed by atoms with E-state index in [9.17, 15) is 9.18 Å². The number of anilines is 1. The number of aromatic carboxylic acids is 1. The lowest BCUT2D eigenvalue weighted by Crippen LogP contribution is -2.04. The van der Waals surface area contributed by atoms with Gasteiger partial charge in [-0.2, -0.15) is 0 Å². The molecule has 3 aromatic rings. The predicted molar refractivity (Wildman–Crippen MR) is 73.8 cm³/mol. The predicted octanol–water partition coefficient (Wildman–Crippen LogP) is 2.03. The van der Waals surface area contributed by atoms with E-state index in [0.717, 1.165) is 6.07 Å². The van der Waals surface area contributed by atoms with Crippen molar-refractivity contribution in [2.45, 2.75) is 6.92 Å². The molecule has 104 valence electrons. The summed E-state index contributed by atoms with van der Waals surface area (Å²) >= 11 is 0. The molecule has 0 unspecified atom stereocenters. The standard InChI is InChI=1S/C12H9FN4O2.ClH/c1-5-10-11(14)16-8-3-7(13)6(12(18)19)2-9(8)17(10)4-15-5;/h2-4H,1H3,(H2,14,16)(H,18,19);1H. The SMILES string of the molecule is Cc1ncn2c1c(N)nc1cc(F)c(C(=O)O)cc12.Cl. The molecule has 0 bridgehead atoms. The Hall–Kier alpha value is -2.41. The zero-order valence-electron chi connectivity index (χ0n) is 10.3. The average molecular weight is 297 g/mol. The number of nitrogen functional groups attached to an aromatic ring is 1. The summed E-state index contributed by atoms with van der Waals surface area (Å²) in [5, 5.41) is 8.95. The molecule has 0 atom stereocenters. The van der Waals surface area contributed by atoms with Crippen molar-refractivity contribution in [2.75, 3.05) is 5.73 Å². The topological polar surface area (TPSA) is 93.5 Å². The number of benzene rings is 1. The molecular formula is C12H10ClFN4O2.